The van der Waals surface area contributed by atoms with Gasteiger partial charge in [0.05, 0.1) is 19.2 Å². The van der Waals surface area contributed by atoms with Gasteiger partial charge in [-0.15, -0.1) is 0 Å². The van der Waals surface area contributed by atoms with Crippen molar-refractivity contribution in [3.8, 4) is 23.0 Å². The largest absolute Gasteiger partial charge is 0.493 e. The zero-order chi connectivity index (χ0) is 20.0. The van der Waals surface area contributed by atoms with Crippen LogP contribution in [0.2, 0.25) is 0 Å². The highest BCUT2D eigenvalue weighted by molar-refractivity contribution is 5.89. The van der Waals surface area contributed by atoms with Gasteiger partial charge < -0.3 is 19.2 Å². The van der Waals surface area contributed by atoms with Crippen molar-refractivity contribution in [3.63, 3.8) is 0 Å². The molecule has 1 aliphatic rings. The lowest BCUT2D eigenvalue weighted by molar-refractivity contribution is 0.281. The molecule has 2 aromatic heterocycles. The van der Waals surface area contributed by atoms with Crippen LogP contribution in [0.4, 0.5) is 4.39 Å². The Morgan fingerprint density at radius 3 is 2.69 bits per heavy atom. The fourth-order valence-corrected chi connectivity index (χ4v) is 3.47. The van der Waals surface area contributed by atoms with Gasteiger partial charge in [0.15, 0.2) is 23.1 Å². The number of pyridine rings is 1. The van der Waals surface area contributed by atoms with Crippen molar-refractivity contribution >= 4 is 21.8 Å². The SMILES string of the molecule is COc1cc2c(Oc3ccc4[nH]c(C)cc4c3F)ccnc2cc1OCC1CC1. The maximum atomic E-state index is 15.0. The van der Waals surface area contributed by atoms with E-state index in [9.17, 15) is 4.39 Å². The number of fused-ring (bicyclic) bond motifs is 2. The Morgan fingerprint density at radius 2 is 1.90 bits per heavy atom. The summed E-state index contributed by atoms with van der Waals surface area (Å²) < 4.78 is 32.3. The summed E-state index contributed by atoms with van der Waals surface area (Å²) in [5, 5.41) is 1.24. The monoisotopic (exact) mass is 392 g/mol. The van der Waals surface area contributed by atoms with Crippen LogP contribution in [0.1, 0.15) is 18.5 Å². The summed E-state index contributed by atoms with van der Waals surface area (Å²) in [4.78, 5) is 7.55. The fraction of sp³-hybridized carbons (Fsp3) is 0.261. The minimum Gasteiger partial charge on any atom is -0.493 e. The molecule has 2 aromatic carbocycles. The maximum absolute atomic E-state index is 15.0. The van der Waals surface area contributed by atoms with Crippen molar-refractivity contribution in [3.05, 3.63) is 54.1 Å². The number of rotatable bonds is 6. The van der Waals surface area contributed by atoms with Crippen LogP contribution in [0.5, 0.6) is 23.0 Å². The number of methoxy groups -OCH3 is 1. The first-order valence-corrected chi connectivity index (χ1v) is 9.67. The molecule has 6 heteroatoms. The molecule has 5 rings (SSSR count). The predicted molar refractivity (Wildman–Crippen MR) is 110 cm³/mol. The van der Waals surface area contributed by atoms with Crippen molar-refractivity contribution in [2.45, 2.75) is 19.8 Å². The van der Waals surface area contributed by atoms with Gasteiger partial charge in [0, 0.05) is 34.2 Å². The van der Waals surface area contributed by atoms with E-state index < -0.39 is 5.82 Å². The summed E-state index contributed by atoms with van der Waals surface area (Å²) in [5.41, 5.74) is 2.34. The van der Waals surface area contributed by atoms with Crippen molar-refractivity contribution in [1.29, 1.82) is 0 Å². The molecule has 1 aliphatic carbocycles. The van der Waals surface area contributed by atoms with E-state index in [2.05, 4.69) is 9.97 Å². The molecule has 0 unspecified atom stereocenters. The Bertz CT molecular complexity index is 1210. The second kappa shape index (κ2) is 6.95. The number of nitrogens with one attached hydrogen (secondary N) is 1. The van der Waals surface area contributed by atoms with Gasteiger partial charge in [0.1, 0.15) is 5.75 Å². The van der Waals surface area contributed by atoms with Crippen molar-refractivity contribution < 1.29 is 18.6 Å². The molecule has 0 aliphatic heterocycles. The van der Waals surface area contributed by atoms with Gasteiger partial charge in [-0.2, -0.15) is 0 Å². The molecule has 1 fully saturated rings. The first-order chi connectivity index (χ1) is 14.1. The lowest BCUT2D eigenvalue weighted by atomic mass is 10.1. The number of halogens is 1. The van der Waals surface area contributed by atoms with Crippen LogP contribution in [-0.2, 0) is 0 Å². The second-order valence-corrected chi connectivity index (χ2v) is 7.48. The van der Waals surface area contributed by atoms with Crippen LogP contribution in [0.3, 0.4) is 0 Å². The smallest absolute Gasteiger partial charge is 0.175 e. The molecule has 0 amide bonds. The number of aromatic nitrogens is 2. The number of benzene rings is 2. The molecule has 1 saturated carbocycles. The first-order valence-electron chi connectivity index (χ1n) is 9.67. The normalized spacial score (nSPS) is 13.8. The molecule has 0 radical (unpaired) electrons. The summed E-state index contributed by atoms with van der Waals surface area (Å²) in [6, 6.07) is 10.6. The highest BCUT2D eigenvalue weighted by atomic mass is 19.1. The molecule has 0 spiro atoms. The lowest BCUT2D eigenvalue weighted by Gasteiger charge is -2.14. The first kappa shape index (κ1) is 17.8. The van der Waals surface area contributed by atoms with Gasteiger partial charge in [-0.3, -0.25) is 4.98 Å². The van der Waals surface area contributed by atoms with Crippen molar-refractivity contribution in [1.82, 2.24) is 9.97 Å². The Kier molecular flexibility index (Phi) is 4.27. The van der Waals surface area contributed by atoms with Gasteiger partial charge in [0.25, 0.3) is 0 Å². The summed E-state index contributed by atoms with van der Waals surface area (Å²) in [7, 11) is 1.60. The molecular formula is C23H21FN2O3. The highest BCUT2D eigenvalue weighted by Crippen LogP contribution is 2.39. The molecule has 5 nitrogen and oxygen atoms in total. The molecule has 0 saturated heterocycles. The van der Waals surface area contributed by atoms with Gasteiger partial charge >= 0.3 is 0 Å². The van der Waals surface area contributed by atoms with E-state index >= 15 is 0 Å². The molecule has 0 atom stereocenters. The van der Waals surface area contributed by atoms with E-state index in [1.165, 1.54) is 12.8 Å². The number of aromatic amines is 1. The Balaban J connectivity index is 1.53. The van der Waals surface area contributed by atoms with Gasteiger partial charge in [-0.25, -0.2) is 4.39 Å². The molecule has 4 aromatic rings. The third kappa shape index (κ3) is 3.35. The molecular weight excluding hydrogens is 371 g/mol. The molecule has 1 N–H and O–H groups in total. The molecule has 29 heavy (non-hydrogen) atoms. The van der Waals surface area contributed by atoms with Gasteiger partial charge in [0.2, 0.25) is 0 Å². The summed E-state index contributed by atoms with van der Waals surface area (Å²) in [6.07, 6.45) is 4.07. The van der Waals surface area contributed by atoms with Crippen LogP contribution >= 0.6 is 0 Å². The van der Waals surface area contributed by atoms with Crippen LogP contribution in [0.15, 0.2) is 42.6 Å². The predicted octanol–water partition coefficient (Wildman–Crippen LogP) is 5.75. The minimum absolute atomic E-state index is 0.164. The van der Waals surface area contributed by atoms with Crippen molar-refractivity contribution in [2.75, 3.05) is 13.7 Å². The number of hydrogen-bond donors (Lipinski definition) is 1. The topological polar surface area (TPSA) is 56.4 Å². The number of aryl methyl sites for hydroxylation is 1. The number of H-pyrrole nitrogens is 1. The van der Waals surface area contributed by atoms with Gasteiger partial charge in [-0.1, -0.05) is 0 Å². The van der Waals surface area contributed by atoms with Gasteiger partial charge in [-0.05, 0) is 56.0 Å². The minimum atomic E-state index is -0.395. The van der Waals surface area contributed by atoms with Crippen LogP contribution < -0.4 is 14.2 Å². The molecule has 0 bridgehead atoms. The maximum Gasteiger partial charge on any atom is 0.175 e. The van der Waals surface area contributed by atoms with E-state index in [4.69, 9.17) is 14.2 Å². The van der Waals surface area contributed by atoms with E-state index in [0.717, 1.165) is 16.6 Å². The van der Waals surface area contributed by atoms with Crippen LogP contribution in [0, 0.1) is 18.7 Å². The number of ether oxygens (including phenoxy) is 3. The van der Waals surface area contributed by atoms with E-state index in [1.807, 2.05) is 25.1 Å². The Labute approximate surface area is 167 Å². The van der Waals surface area contributed by atoms with Crippen LogP contribution in [-0.4, -0.2) is 23.7 Å². The average Bonchev–Trinajstić information content (AvgIpc) is 3.47. The van der Waals surface area contributed by atoms with E-state index in [1.54, 1.807) is 31.5 Å². The van der Waals surface area contributed by atoms with E-state index in [-0.39, 0.29) is 5.75 Å². The van der Waals surface area contributed by atoms with Crippen molar-refractivity contribution in [2.24, 2.45) is 5.92 Å². The summed E-state index contributed by atoms with van der Waals surface area (Å²) >= 11 is 0. The fourth-order valence-electron chi connectivity index (χ4n) is 3.47. The third-order valence-electron chi connectivity index (χ3n) is 5.22. The zero-order valence-electron chi connectivity index (χ0n) is 16.3. The quantitative estimate of drug-likeness (QED) is 0.454. The molecule has 2 heterocycles. The third-order valence-corrected chi connectivity index (χ3v) is 5.22. The summed E-state index contributed by atoms with van der Waals surface area (Å²) in [6.45, 7) is 2.57. The standard InChI is InChI=1S/C23H21FN2O3/c1-13-9-16-17(26-13)5-6-20(23(16)24)29-19-7-8-25-18-11-22(28-12-14-3-4-14)21(27-2)10-15(18)19/h5-11,14,26H,3-4,12H2,1-2H3. The Hall–Kier alpha value is -3.28. The van der Waals surface area contributed by atoms with E-state index in [0.29, 0.717) is 40.7 Å². The highest BCUT2D eigenvalue weighted by Gasteiger charge is 2.23. The average molecular weight is 392 g/mol. The summed E-state index contributed by atoms with van der Waals surface area (Å²) in [5.74, 6) is 2.17. The second-order valence-electron chi connectivity index (χ2n) is 7.48. The number of nitrogens with zero attached hydrogens (tertiary/aromatic N) is 1. The number of hydrogen-bond acceptors (Lipinski definition) is 4. The molecule has 148 valence electrons. The zero-order valence-corrected chi connectivity index (χ0v) is 16.3. The Morgan fingerprint density at radius 1 is 1.03 bits per heavy atom. The van der Waals surface area contributed by atoms with Crippen LogP contribution in [0.25, 0.3) is 21.8 Å². The lowest BCUT2D eigenvalue weighted by Crippen LogP contribution is -2.01.